The van der Waals surface area contributed by atoms with Gasteiger partial charge in [-0.3, -0.25) is 0 Å². The fraction of sp³-hybridized carbons (Fsp3) is 0.429. The molecule has 6 heteroatoms. The van der Waals surface area contributed by atoms with Gasteiger partial charge in [0.1, 0.15) is 0 Å². The Bertz CT molecular complexity index is 543. The highest BCUT2D eigenvalue weighted by atomic mass is 32.2. The van der Waals surface area contributed by atoms with Crippen LogP contribution in [0, 0.1) is 0 Å². The highest BCUT2D eigenvalue weighted by Gasteiger charge is 2.19. The summed E-state index contributed by atoms with van der Waals surface area (Å²) in [6.07, 6.45) is 1.49. The van der Waals surface area contributed by atoms with Gasteiger partial charge in [-0.1, -0.05) is 30.3 Å². The largest absolute Gasteiger partial charge is 0.374 e. The first-order valence-corrected chi connectivity index (χ1v) is 8.13. The Kier molecular flexibility index (Phi) is 5.31. The van der Waals surface area contributed by atoms with E-state index in [1.165, 1.54) is 5.41 Å². The van der Waals surface area contributed by atoms with Crippen LogP contribution in [-0.4, -0.2) is 52.7 Å². The summed E-state index contributed by atoms with van der Waals surface area (Å²) in [5.74, 6) is 0. The van der Waals surface area contributed by atoms with Crippen molar-refractivity contribution in [3.63, 3.8) is 0 Å². The van der Waals surface area contributed by atoms with Gasteiger partial charge < -0.3 is 9.64 Å². The van der Waals surface area contributed by atoms with Crippen LogP contribution in [0.15, 0.2) is 35.7 Å². The molecule has 0 unspecified atom stereocenters. The summed E-state index contributed by atoms with van der Waals surface area (Å²) >= 11 is 0. The molecule has 0 aliphatic carbocycles. The zero-order valence-corrected chi connectivity index (χ0v) is 12.3. The van der Waals surface area contributed by atoms with Crippen LogP contribution in [0.2, 0.25) is 0 Å². The predicted octanol–water partition coefficient (Wildman–Crippen LogP) is 0.907. The van der Waals surface area contributed by atoms with Gasteiger partial charge in [-0.15, -0.1) is 0 Å². The smallest absolute Gasteiger partial charge is 0.233 e. The third kappa shape index (κ3) is 5.05. The molecule has 0 saturated carbocycles. The van der Waals surface area contributed by atoms with E-state index in [9.17, 15) is 8.42 Å². The molecule has 0 spiro atoms. The second-order valence-corrected chi connectivity index (χ2v) is 6.51. The van der Waals surface area contributed by atoms with Crippen molar-refractivity contribution in [2.45, 2.75) is 6.10 Å². The van der Waals surface area contributed by atoms with E-state index < -0.39 is 10.0 Å². The molecule has 1 saturated heterocycles. The van der Waals surface area contributed by atoms with E-state index in [1.54, 1.807) is 6.08 Å². The summed E-state index contributed by atoms with van der Waals surface area (Å²) in [4.78, 5) is 2.13. The number of hydrogen-bond acceptors (Lipinski definition) is 4. The molecule has 1 aliphatic heterocycles. The summed E-state index contributed by atoms with van der Waals surface area (Å²) in [7, 11) is -1.43. The first-order valence-electron chi connectivity index (χ1n) is 6.58. The lowest BCUT2D eigenvalue weighted by molar-refractivity contribution is -0.0156. The fourth-order valence-electron chi connectivity index (χ4n) is 1.98. The van der Waals surface area contributed by atoms with Gasteiger partial charge in [0.2, 0.25) is 10.0 Å². The maximum absolute atomic E-state index is 11.9. The zero-order chi connectivity index (χ0) is 14.4. The van der Waals surface area contributed by atoms with Crippen LogP contribution in [0.1, 0.15) is 5.56 Å². The van der Waals surface area contributed by atoms with Crippen LogP contribution in [-0.2, 0) is 14.8 Å². The van der Waals surface area contributed by atoms with Crippen LogP contribution in [0.4, 0.5) is 0 Å². The predicted molar refractivity (Wildman–Crippen MR) is 79.6 cm³/mol. The van der Waals surface area contributed by atoms with Gasteiger partial charge in [0.25, 0.3) is 0 Å². The van der Waals surface area contributed by atoms with Crippen molar-refractivity contribution in [1.29, 1.82) is 0 Å². The van der Waals surface area contributed by atoms with Crippen molar-refractivity contribution < 1.29 is 13.2 Å². The van der Waals surface area contributed by atoms with Gasteiger partial charge in [-0.25, -0.2) is 13.1 Å². The summed E-state index contributed by atoms with van der Waals surface area (Å²) in [5, 5.41) is 1.19. The summed E-state index contributed by atoms with van der Waals surface area (Å²) < 4.78 is 31.8. The zero-order valence-electron chi connectivity index (χ0n) is 11.5. The quantitative estimate of drug-likeness (QED) is 0.877. The molecule has 5 nitrogen and oxygen atoms in total. The molecule has 0 radical (unpaired) electrons. The van der Waals surface area contributed by atoms with E-state index >= 15 is 0 Å². The maximum atomic E-state index is 11.9. The highest BCUT2D eigenvalue weighted by molar-refractivity contribution is 7.92. The first-order chi connectivity index (χ1) is 9.55. The Balaban J connectivity index is 1.86. The van der Waals surface area contributed by atoms with Gasteiger partial charge in [0.15, 0.2) is 0 Å². The number of ether oxygens (including phenoxy) is 1. The number of hydrogen-bond donors (Lipinski definition) is 1. The minimum absolute atomic E-state index is 0.0892. The third-order valence-corrected chi connectivity index (χ3v) is 4.16. The Morgan fingerprint density at radius 3 is 2.85 bits per heavy atom. The molecule has 2 rings (SSSR count). The molecule has 1 heterocycles. The molecule has 1 N–H and O–H groups in total. The van der Waals surface area contributed by atoms with E-state index in [-0.39, 0.29) is 6.10 Å². The van der Waals surface area contributed by atoms with Crippen LogP contribution >= 0.6 is 0 Å². The number of rotatable bonds is 5. The standard InChI is InChI=1S/C14H20N2O3S/c1-16-8-9-19-14(12-16)11-15-20(17,18)10-7-13-5-3-2-4-6-13/h2-7,10,14-15H,8-9,11-12H2,1H3/b10-7-/t14-/m1/s1. The fourth-order valence-corrected chi connectivity index (χ4v) is 2.83. The van der Waals surface area contributed by atoms with Crippen molar-refractivity contribution in [2.24, 2.45) is 0 Å². The molecular formula is C14H20N2O3S. The van der Waals surface area contributed by atoms with Crippen LogP contribution < -0.4 is 4.72 Å². The molecule has 1 aromatic carbocycles. The number of likely N-dealkylation sites (N-methyl/N-ethyl adjacent to an activating group) is 1. The topological polar surface area (TPSA) is 58.6 Å². The summed E-state index contributed by atoms with van der Waals surface area (Å²) in [5.41, 5.74) is 0.853. The minimum atomic E-state index is -3.43. The molecule has 1 aliphatic rings. The van der Waals surface area contributed by atoms with E-state index in [2.05, 4.69) is 9.62 Å². The molecule has 1 fully saturated rings. The van der Waals surface area contributed by atoms with Crippen LogP contribution in [0.3, 0.4) is 0 Å². The highest BCUT2D eigenvalue weighted by Crippen LogP contribution is 2.04. The molecule has 110 valence electrons. The molecular weight excluding hydrogens is 276 g/mol. The van der Waals surface area contributed by atoms with E-state index in [0.717, 1.165) is 18.7 Å². The number of nitrogens with one attached hydrogen (secondary N) is 1. The monoisotopic (exact) mass is 296 g/mol. The third-order valence-electron chi connectivity index (χ3n) is 3.09. The average molecular weight is 296 g/mol. The van der Waals surface area contributed by atoms with Crippen LogP contribution in [0.25, 0.3) is 6.08 Å². The Labute approximate surface area is 120 Å². The van der Waals surface area contributed by atoms with Crippen molar-refractivity contribution >= 4 is 16.1 Å². The maximum Gasteiger partial charge on any atom is 0.233 e. The van der Waals surface area contributed by atoms with Gasteiger partial charge in [-0.2, -0.15) is 0 Å². The Hall–Kier alpha value is -1.21. The van der Waals surface area contributed by atoms with E-state index in [4.69, 9.17) is 4.74 Å². The molecule has 20 heavy (non-hydrogen) atoms. The van der Waals surface area contributed by atoms with Gasteiger partial charge in [0, 0.05) is 25.0 Å². The minimum Gasteiger partial charge on any atom is -0.374 e. The lowest BCUT2D eigenvalue weighted by Crippen LogP contribution is -2.45. The lowest BCUT2D eigenvalue weighted by Gasteiger charge is -2.29. The second kappa shape index (κ2) is 6.99. The second-order valence-electron chi connectivity index (χ2n) is 4.86. The average Bonchev–Trinajstić information content (AvgIpc) is 2.45. The Morgan fingerprint density at radius 2 is 2.15 bits per heavy atom. The number of morpholine rings is 1. The number of nitrogens with zero attached hydrogens (tertiary/aromatic N) is 1. The molecule has 0 bridgehead atoms. The van der Waals surface area contributed by atoms with Crippen molar-refractivity contribution in [3.8, 4) is 0 Å². The molecule has 0 aromatic heterocycles. The van der Waals surface area contributed by atoms with E-state index in [0.29, 0.717) is 13.2 Å². The van der Waals surface area contributed by atoms with Crippen LogP contribution in [0.5, 0.6) is 0 Å². The number of benzene rings is 1. The van der Waals surface area contributed by atoms with Gasteiger partial charge in [-0.05, 0) is 18.7 Å². The Morgan fingerprint density at radius 1 is 1.40 bits per heavy atom. The van der Waals surface area contributed by atoms with Crippen molar-refractivity contribution in [2.75, 3.05) is 33.3 Å². The molecule has 1 atom stereocenters. The van der Waals surface area contributed by atoms with Gasteiger partial charge >= 0.3 is 0 Å². The molecule has 1 aromatic rings. The summed E-state index contributed by atoms with van der Waals surface area (Å²) in [6, 6.07) is 9.33. The number of sulfonamides is 1. The van der Waals surface area contributed by atoms with Crippen molar-refractivity contribution in [3.05, 3.63) is 41.3 Å². The van der Waals surface area contributed by atoms with E-state index in [1.807, 2.05) is 37.4 Å². The summed E-state index contributed by atoms with van der Waals surface area (Å²) in [6.45, 7) is 2.57. The molecule has 0 amide bonds. The lowest BCUT2D eigenvalue weighted by atomic mass is 10.2. The normalized spacial score (nSPS) is 21.4. The van der Waals surface area contributed by atoms with Gasteiger partial charge in [0.05, 0.1) is 12.7 Å². The SMILES string of the molecule is CN1CCO[C@H](CNS(=O)(=O)/C=C\c2ccccc2)C1. The first kappa shape index (κ1) is 15.2. The van der Waals surface area contributed by atoms with Crippen molar-refractivity contribution in [1.82, 2.24) is 9.62 Å².